The second kappa shape index (κ2) is 7.28. The quantitative estimate of drug-likeness (QED) is 0.586. The van der Waals surface area contributed by atoms with Gasteiger partial charge < -0.3 is 10.1 Å². The largest absolute Gasteiger partial charge is 0.463 e. The summed E-state index contributed by atoms with van der Waals surface area (Å²) in [5, 5.41) is 3.70. The highest BCUT2D eigenvalue weighted by molar-refractivity contribution is 6.33. The molecule has 1 aromatic heterocycles. The van der Waals surface area contributed by atoms with Crippen LogP contribution in [0.4, 0.5) is 0 Å². The standard InChI is InChI=1S/C20H22Cl2N2O3/c1-5-27-19(26)15-10(2)23-12-8-20(3,4)9-13(25)17(12)16(15)11-6-7-14(21)24-18(11)22/h6-7,16,23H,5,8-9H2,1-4H3. The predicted octanol–water partition coefficient (Wildman–Crippen LogP) is 4.56. The number of carbonyl (C=O) groups excluding carboxylic acids is 2. The molecular weight excluding hydrogens is 387 g/mol. The summed E-state index contributed by atoms with van der Waals surface area (Å²) in [6.45, 7) is 7.91. The molecule has 0 saturated heterocycles. The summed E-state index contributed by atoms with van der Waals surface area (Å²) in [5.41, 5.74) is 2.86. The lowest BCUT2D eigenvalue weighted by Crippen LogP contribution is -2.38. The van der Waals surface area contributed by atoms with Gasteiger partial charge in [0.15, 0.2) is 5.78 Å². The van der Waals surface area contributed by atoms with Crippen molar-refractivity contribution in [1.82, 2.24) is 10.3 Å². The lowest BCUT2D eigenvalue weighted by atomic mass is 9.69. The van der Waals surface area contributed by atoms with Crippen molar-refractivity contribution in [1.29, 1.82) is 0 Å². The van der Waals surface area contributed by atoms with Crippen molar-refractivity contribution < 1.29 is 14.3 Å². The number of halogens is 2. The van der Waals surface area contributed by atoms with Crippen LogP contribution in [0, 0.1) is 5.41 Å². The van der Waals surface area contributed by atoms with Gasteiger partial charge in [0.1, 0.15) is 10.3 Å². The van der Waals surface area contributed by atoms with Gasteiger partial charge in [0.05, 0.1) is 18.1 Å². The molecule has 0 aromatic carbocycles. The van der Waals surface area contributed by atoms with Crippen molar-refractivity contribution in [2.75, 3.05) is 6.61 Å². The summed E-state index contributed by atoms with van der Waals surface area (Å²) in [5.74, 6) is -1.09. The highest BCUT2D eigenvalue weighted by atomic mass is 35.5. The van der Waals surface area contributed by atoms with Crippen molar-refractivity contribution >= 4 is 35.0 Å². The van der Waals surface area contributed by atoms with Crippen molar-refractivity contribution in [3.8, 4) is 0 Å². The van der Waals surface area contributed by atoms with Gasteiger partial charge in [0.25, 0.3) is 0 Å². The molecule has 0 saturated carbocycles. The van der Waals surface area contributed by atoms with E-state index in [1.54, 1.807) is 19.1 Å². The summed E-state index contributed by atoms with van der Waals surface area (Å²) < 4.78 is 5.26. The number of Topliss-reactive ketones (excluding diaryl/α,β-unsaturated/α-hetero) is 1. The van der Waals surface area contributed by atoms with Gasteiger partial charge in [-0.25, -0.2) is 9.78 Å². The Bertz CT molecular complexity index is 887. The fourth-order valence-corrected chi connectivity index (χ4v) is 4.32. The normalized spacial score (nSPS) is 21.7. The average molecular weight is 409 g/mol. The molecule has 0 bridgehead atoms. The molecule has 7 heteroatoms. The third-order valence-corrected chi connectivity index (χ3v) is 5.40. The third kappa shape index (κ3) is 3.76. The highest BCUT2D eigenvalue weighted by Crippen LogP contribution is 2.47. The number of hydrogen-bond acceptors (Lipinski definition) is 5. The minimum atomic E-state index is -0.624. The van der Waals surface area contributed by atoms with Crippen LogP contribution < -0.4 is 5.32 Å². The van der Waals surface area contributed by atoms with Crippen molar-refractivity contribution in [3.63, 3.8) is 0 Å². The first-order valence-corrected chi connectivity index (χ1v) is 9.63. The van der Waals surface area contributed by atoms with E-state index in [0.717, 1.165) is 5.70 Å². The summed E-state index contributed by atoms with van der Waals surface area (Å²) in [4.78, 5) is 29.9. The monoisotopic (exact) mass is 408 g/mol. The molecule has 3 rings (SSSR count). The molecule has 2 aliphatic rings. The van der Waals surface area contributed by atoms with E-state index in [9.17, 15) is 9.59 Å². The van der Waals surface area contributed by atoms with Gasteiger partial charge in [-0.1, -0.05) is 43.1 Å². The molecule has 1 aliphatic heterocycles. The zero-order valence-corrected chi connectivity index (χ0v) is 17.3. The van der Waals surface area contributed by atoms with Crippen molar-refractivity contribution in [2.24, 2.45) is 5.41 Å². The van der Waals surface area contributed by atoms with E-state index in [4.69, 9.17) is 27.9 Å². The maximum atomic E-state index is 13.1. The Morgan fingerprint density at radius 2 is 2.04 bits per heavy atom. The number of ketones is 1. The number of carbonyl (C=O) groups is 2. The van der Waals surface area contributed by atoms with Gasteiger partial charge in [0, 0.05) is 29.0 Å². The summed E-state index contributed by atoms with van der Waals surface area (Å²) in [6.07, 6.45) is 1.11. The molecule has 144 valence electrons. The van der Waals surface area contributed by atoms with Crippen LogP contribution in [0.1, 0.15) is 52.0 Å². The second-order valence-electron chi connectivity index (χ2n) is 7.66. The minimum Gasteiger partial charge on any atom is -0.463 e. The third-order valence-electron chi connectivity index (χ3n) is 4.89. The number of allylic oxidation sites excluding steroid dienone is 3. The van der Waals surface area contributed by atoms with Gasteiger partial charge in [-0.3, -0.25) is 4.79 Å². The number of nitrogens with one attached hydrogen (secondary N) is 1. The predicted molar refractivity (Wildman–Crippen MR) is 105 cm³/mol. The van der Waals surface area contributed by atoms with Crippen LogP contribution in [0.2, 0.25) is 10.3 Å². The first-order valence-electron chi connectivity index (χ1n) is 8.87. The molecular formula is C20H22Cl2N2O3. The smallest absolute Gasteiger partial charge is 0.336 e. The fourth-order valence-electron chi connectivity index (χ4n) is 3.86. The molecule has 1 unspecified atom stereocenters. The molecule has 1 N–H and O–H groups in total. The molecule has 0 spiro atoms. The Morgan fingerprint density at radius 1 is 1.33 bits per heavy atom. The molecule has 0 fully saturated rings. The number of nitrogens with zero attached hydrogens (tertiary/aromatic N) is 1. The van der Waals surface area contributed by atoms with E-state index < -0.39 is 11.9 Å². The molecule has 1 aliphatic carbocycles. The lowest BCUT2D eigenvalue weighted by molar-refractivity contribution is -0.138. The van der Waals surface area contributed by atoms with Crippen LogP contribution in [0.3, 0.4) is 0 Å². The molecule has 1 atom stereocenters. The Morgan fingerprint density at radius 3 is 2.67 bits per heavy atom. The summed E-state index contributed by atoms with van der Waals surface area (Å²) in [7, 11) is 0. The van der Waals surface area contributed by atoms with Gasteiger partial charge in [-0.15, -0.1) is 0 Å². The molecule has 2 heterocycles. The van der Waals surface area contributed by atoms with Gasteiger partial charge >= 0.3 is 5.97 Å². The van der Waals surface area contributed by atoms with Crippen LogP contribution in [0.5, 0.6) is 0 Å². The number of hydrogen-bond donors (Lipinski definition) is 1. The number of rotatable bonds is 3. The van der Waals surface area contributed by atoms with E-state index in [-0.39, 0.29) is 28.1 Å². The van der Waals surface area contributed by atoms with E-state index in [0.29, 0.717) is 35.2 Å². The number of ether oxygens (including phenoxy) is 1. The molecule has 0 amide bonds. The maximum Gasteiger partial charge on any atom is 0.336 e. The average Bonchev–Trinajstić information content (AvgIpc) is 2.52. The Balaban J connectivity index is 2.22. The summed E-state index contributed by atoms with van der Waals surface area (Å²) in [6, 6.07) is 3.33. The van der Waals surface area contributed by atoms with Crippen LogP contribution in [-0.2, 0) is 14.3 Å². The van der Waals surface area contributed by atoms with Gasteiger partial charge in [0.2, 0.25) is 0 Å². The zero-order chi connectivity index (χ0) is 19.9. The zero-order valence-electron chi connectivity index (χ0n) is 15.8. The first kappa shape index (κ1) is 19.9. The Labute approximate surface area is 168 Å². The van der Waals surface area contributed by atoms with Crippen LogP contribution in [0.25, 0.3) is 0 Å². The van der Waals surface area contributed by atoms with E-state index in [2.05, 4.69) is 24.1 Å². The lowest BCUT2D eigenvalue weighted by Gasteiger charge is -2.39. The topological polar surface area (TPSA) is 68.3 Å². The van der Waals surface area contributed by atoms with E-state index in [1.165, 1.54) is 0 Å². The van der Waals surface area contributed by atoms with E-state index in [1.807, 2.05) is 6.92 Å². The second-order valence-corrected chi connectivity index (χ2v) is 8.41. The first-order chi connectivity index (χ1) is 12.6. The fraction of sp³-hybridized carbons (Fsp3) is 0.450. The molecule has 5 nitrogen and oxygen atoms in total. The van der Waals surface area contributed by atoms with E-state index >= 15 is 0 Å². The van der Waals surface area contributed by atoms with Gasteiger partial charge in [-0.2, -0.15) is 0 Å². The van der Waals surface area contributed by atoms with Crippen LogP contribution in [-0.4, -0.2) is 23.3 Å². The maximum absolute atomic E-state index is 13.1. The number of esters is 1. The van der Waals surface area contributed by atoms with Crippen molar-refractivity contribution in [2.45, 2.75) is 46.5 Å². The molecule has 1 aromatic rings. The Kier molecular flexibility index (Phi) is 5.37. The minimum absolute atomic E-state index is 0.000866. The SMILES string of the molecule is CCOC(=O)C1=C(C)NC2=C(C(=O)CC(C)(C)C2)C1c1ccc(Cl)nc1Cl. The number of aromatic nitrogens is 1. The summed E-state index contributed by atoms with van der Waals surface area (Å²) >= 11 is 12.3. The van der Waals surface area contributed by atoms with Crippen molar-refractivity contribution in [3.05, 3.63) is 50.5 Å². The highest BCUT2D eigenvalue weighted by Gasteiger charge is 2.43. The van der Waals surface area contributed by atoms with Crippen LogP contribution >= 0.6 is 23.2 Å². The number of pyridine rings is 1. The molecule has 27 heavy (non-hydrogen) atoms. The van der Waals surface area contributed by atoms with Gasteiger partial charge in [-0.05, 0) is 31.7 Å². The Hall–Kier alpha value is -1.85. The van der Waals surface area contributed by atoms with Crippen LogP contribution in [0.15, 0.2) is 34.7 Å². The molecule has 0 radical (unpaired) electrons. The number of dihydropyridines is 1.